The second-order valence-electron chi connectivity index (χ2n) is 4.76. The Morgan fingerprint density at radius 2 is 2.21 bits per heavy atom. The van der Waals surface area contributed by atoms with E-state index >= 15 is 0 Å². The van der Waals surface area contributed by atoms with Crippen molar-refractivity contribution in [2.24, 2.45) is 16.6 Å². The van der Waals surface area contributed by atoms with Crippen LogP contribution in [0.2, 0.25) is 0 Å². The number of para-hydroxylation sites is 1. The van der Waals surface area contributed by atoms with Crippen LogP contribution in [-0.4, -0.2) is 33.0 Å². The first kappa shape index (κ1) is 13.6. The van der Waals surface area contributed by atoms with Crippen molar-refractivity contribution in [1.82, 2.24) is 5.32 Å². The van der Waals surface area contributed by atoms with Gasteiger partial charge in [0.15, 0.2) is 0 Å². The number of hydrogen-bond acceptors (Lipinski definition) is 4. The highest BCUT2D eigenvalue weighted by molar-refractivity contribution is 6.11. The van der Waals surface area contributed by atoms with E-state index in [1.165, 1.54) is 0 Å². The maximum Gasteiger partial charge on any atom is 0.131 e. The van der Waals surface area contributed by atoms with Crippen LogP contribution < -0.4 is 15.8 Å². The molecular weight excluding hydrogens is 238 g/mol. The minimum Gasteiger partial charge on any atom is -0.496 e. The van der Waals surface area contributed by atoms with Crippen molar-refractivity contribution < 1.29 is 4.74 Å². The molecule has 0 amide bonds. The molecule has 19 heavy (non-hydrogen) atoms. The quantitative estimate of drug-likeness (QED) is 0.805. The van der Waals surface area contributed by atoms with Gasteiger partial charge in [-0.3, -0.25) is 4.99 Å². The van der Waals surface area contributed by atoms with E-state index in [4.69, 9.17) is 10.5 Å². The number of nitrogens with two attached hydrogens (primary N) is 1. The predicted molar refractivity (Wildman–Crippen MR) is 78.8 cm³/mol. The largest absolute Gasteiger partial charge is 0.496 e. The highest BCUT2D eigenvalue weighted by Gasteiger charge is 2.20. The van der Waals surface area contributed by atoms with Gasteiger partial charge in [0.1, 0.15) is 5.75 Å². The minimum absolute atomic E-state index is 0.424. The van der Waals surface area contributed by atoms with Gasteiger partial charge < -0.3 is 15.8 Å². The molecule has 0 radical (unpaired) electrons. The third kappa shape index (κ3) is 2.79. The highest BCUT2D eigenvalue weighted by Crippen LogP contribution is 2.24. The third-order valence-corrected chi connectivity index (χ3v) is 3.49. The lowest BCUT2D eigenvalue weighted by molar-refractivity contribution is 0.396. The second-order valence-corrected chi connectivity index (χ2v) is 4.76. The molecule has 1 fully saturated rings. The summed E-state index contributed by atoms with van der Waals surface area (Å²) >= 11 is 0. The van der Waals surface area contributed by atoms with Gasteiger partial charge in [0.05, 0.1) is 12.8 Å². The van der Waals surface area contributed by atoms with Crippen LogP contribution in [0.25, 0.3) is 0 Å². The maximum atomic E-state index is 6.12. The first-order valence-electron chi connectivity index (χ1n) is 6.46. The van der Waals surface area contributed by atoms with Crippen molar-refractivity contribution in [2.75, 3.05) is 27.2 Å². The van der Waals surface area contributed by atoms with Crippen molar-refractivity contribution in [1.29, 1.82) is 0 Å². The number of nitrogens with zero attached hydrogens (tertiary/aromatic N) is 1. The molecule has 0 aromatic heterocycles. The summed E-state index contributed by atoms with van der Waals surface area (Å²) in [5, 5.41) is 3.22. The standard InChI is InChI=1S/C15H21N3O/c1-10-5-4-6-12(15(10)19-3)14(17-2)7-13(16)11-8-18-9-11/h4-7,11,18H,8-9,16H2,1-3H3/b13-7-,17-14?. The molecule has 1 aliphatic heterocycles. The lowest BCUT2D eigenvalue weighted by Crippen LogP contribution is -2.44. The van der Waals surface area contributed by atoms with Crippen molar-refractivity contribution in [2.45, 2.75) is 6.92 Å². The fourth-order valence-corrected chi connectivity index (χ4v) is 2.19. The molecule has 0 saturated carbocycles. The highest BCUT2D eigenvalue weighted by atomic mass is 16.5. The third-order valence-electron chi connectivity index (χ3n) is 3.49. The Kier molecular flexibility index (Phi) is 4.22. The van der Waals surface area contributed by atoms with Crippen molar-refractivity contribution in [3.05, 3.63) is 41.1 Å². The average Bonchev–Trinajstić information content (AvgIpc) is 2.33. The topological polar surface area (TPSA) is 59.6 Å². The van der Waals surface area contributed by atoms with Crippen molar-refractivity contribution >= 4 is 5.71 Å². The lowest BCUT2D eigenvalue weighted by atomic mass is 9.96. The zero-order chi connectivity index (χ0) is 13.8. The first-order valence-corrected chi connectivity index (χ1v) is 6.46. The average molecular weight is 259 g/mol. The summed E-state index contributed by atoms with van der Waals surface area (Å²) < 4.78 is 5.48. The number of aryl methyl sites for hydroxylation is 1. The van der Waals surface area contributed by atoms with Crippen molar-refractivity contribution in [3.8, 4) is 5.75 Å². The number of ether oxygens (including phenoxy) is 1. The van der Waals surface area contributed by atoms with Gasteiger partial charge in [-0.05, 0) is 24.6 Å². The molecule has 4 heteroatoms. The fourth-order valence-electron chi connectivity index (χ4n) is 2.19. The van der Waals surface area contributed by atoms with Crippen LogP contribution in [0, 0.1) is 12.8 Å². The fraction of sp³-hybridized carbons (Fsp3) is 0.400. The van der Waals surface area contributed by atoms with Crippen LogP contribution in [0.1, 0.15) is 11.1 Å². The molecule has 2 rings (SSSR count). The predicted octanol–water partition coefficient (Wildman–Crippen LogP) is 1.48. The zero-order valence-electron chi connectivity index (χ0n) is 11.7. The van der Waals surface area contributed by atoms with Crippen LogP contribution in [0.5, 0.6) is 5.75 Å². The SMILES string of the molecule is CN=C(/C=C(\N)C1CNC1)c1cccc(C)c1OC. The normalized spacial score (nSPS) is 17.2. The molecular formula is C15H21N3O. The summed E-state index contributed by atoms with van der Waals surface area (Å²) in [6, 6.07) is 6.04. The molecule has 1 heterocycles. The van der Waals surface area contributed by atoms with Gasteiger partial charge in [-0.25, -0.2) is 0 Å². The number of hydrogen-bond donors (Lipinski definition) is 2. The Labute approximate surface area is 114 Å². The molecule has 1 aromatic rings. The Hall–Kier alpha value is -1.81. The first-order chi connectivity index (χ1) is 9.17. The lowest BCUT2D eigenvalue weighted by Gasteiger charge is -2.27. The molecule has 4 nitrogen and oxygen atoms in total. The second kappa shape index (κ2) is 5.89. The van der Waals surface area contributed by atoms with E-state index in [1.807, 2.05) is 31.2 Å². The van der Waals surface area contributed by atoms with E-state index in [9.17, 15) is 0 Å². The summed E-state index contributed by atoms with van der Waals surface area (Å²) in [7, 11) is 3.46. The van der Waals surface area contributed by atoms with Crippen LogP contribution >= 0.6 is 0 Å². The molecule has 0 unspecified atom stereocenters. The van der Waals surface area contributed by atoms with Crippen molar-refractivity contribution in [3.63, 3.8) is 0 Å². The van der Waals surface area contributed by atoms with Crippen LogP contribution in [0.4, 0.5) is 0 Å². The molecule has 0 bridgehead atoms. The number of benzene rings is 1. The van der Waals surface area contributed by atoms with Gasteiger partial charge >= 0.3 is 0 Å². The molecule has 0 spiro atoms. The summed E-state index contributed by atoms with van der Waals surface area (Å²) in [6.45, 7) is 3.92. The van der Waals surface area contributed by atoms with Crippen LogP contribution in [0.15, 0.2) is 35.0 Å². The molecule has 1 aromatic carbocycles. The van der Waals surface area contributed by atoms with Gasteiger partial charge in [0.2, 0.25) is 0 Å². The molecule has 1 aliphatic rings. The van der Waals surface area contributed by atoms with E-state index in [1.54, 1.807) is 14.2 Å². The summed E-state index contributed by atoms with van der Waals surface area (Å²) in [6.07, 6.45) is 1.96. The Bertz CT molecular complexity index is 516. The number of rotatable bonds is 4. The van der Waals surface area contributed by atoms with Gasteiger partial charge in [0, 0.05) is 37.3 Å². The molecule has 102 valence electrons. The summed E-state index contributed by atoms with van der Waals surface area (Å²) in [4.78, 5) is 4.35. The van der Waals surface area contributed by atoms with Crippen LogP contribution in [-0.2, 0) is 0 Å². The zero-order valence-corrected chi connectivity index (χ0v) is 11.7. The number of allylic oxidation sites excluding steroid dienone is 1. The van der Waals surface area contributed by atoms with E-state index in [-0.39, 0.29) is 0 Å². The Morgan fingerprint density at radius 1 is 1.47 bits per heavy atom. The number of methoxy groups -OCH3 is 1. The molecule has 0 aliphatic carbocycles. The smallest absolute Gasteiger partial charge is 0.131 e. The van der Waals surface area contributed by atoms with Gasteiger partial charge in [-0.1, -0.05) is 12.1 Å². The molecule has 3 N–H and O–H groups in total. The van der Waals surface area contributed by atoms with Crippen LogP contribution in [0.3, 0.4) is 0 Å². The van der Waals surface area contributed by atoms with E-state index in [2.05, 4.69) is 10.3 Å². The monoisotopic (exact) mass is 259 g/mol. The summed E-state index contributed by atoms with van der Waals surface area (Å²) in [5.74, 6) is 1.28. The number of nitrogens with one attached hydrogen (secondary N) is 1. The molecule has 1 saturated heterocycles. The Morgan fingerprint density at radius 3 is 2.74 bits per heavy atom. The van der Waals surface area contributed by atoms with E-state index < -0.39 is 0 Å². The van der Waals surface area contributed by atoms with Gasteiger partial charge in [-0.2, -0.15) is 0 Å². The Balaban J connectivity index is 2.35. The van der Waals surface area contributed by atoms with E-state index in [0.717, 1.165) is 41.4 Å². The summed E-state index contributed by atoms with van der Waals surface area (Å²) in [5.41, 5.74) is 9.95. The number of aliphatic imine (C=N–C) groups is 1. The minimum atomic E-state index is 0.424. The van der Waals surface area contributed by atoms with Gasteiger partial charge in [-0.15, -0.1) is 0 Å². The maximum absolute atomic E-state index is 6.12. The van der Waals surface area contributed by atoms with Gasteiger partial charge in [0.25, 0.3) is 0 Å². The van der Waals surface area contributed by atoms with E-state index in [0.29, 0.717) is 5.92 Å². The molecule has 0 atom stereocenters.